The summed E-state index contributed by atoms with van der Waals surface area (Å²) in [4.78, 5) is 11.9. The van der Waals surface area contributed by atoms with Crippen molar-refractivity contribution in [3.8, 4) is 0 Å². The molecule has 0 fully saturated rings. The highest BCUT2D eigenvalue weighted by molar-refractivity contribution is 6.36. The lowest BCUT2D eigenvalue weighted by atomic mass is 9.99. The highest BCUT2D eigenvalue weighted by Gasteiger charge is 2.20. The number of carbonyl (C=O) groups excluding carboxylic acids is 1. The van der Waals surface area contributed by atoms with E-state index in [-0.39, 0.29) is 11.8 Å². The van der Waals surface area contributed by atoms with E-state index in [1.165, 1.54) is 0 Å². The average molecular weight is 289 g/mol. The van der Waals surface area contributed by atoms with Gasteiger partial charge in [0, 0.05) is 5.02 Å². The van der Waals surface area contributed by atoms with Gasteiger partial charge in [-0.1, -0.05) is 43.5 Å². The van der Waals surface area contributed by atoms with Crippen LogP contribution in [0.4, 0.5) is 5.69 Å². The van der Waals surface area contributed by atoms with Crippen molar-refractivity contribution in [2.75, 3.05) is 5.32 Å². The summed E-state index contributed by atoms with van der Waals surface area (Å²) in [5.41, 5.74) is 7.21. The van der Waals surface area contributed by atoms with E-state index in [4.69, 9.17) is 28.9 Å². The lowest BCUT2D eigenvalue weighted by molar-refractivity contribution is -0.118. The van der Waals surface area contributed by atoms with Gasteiger partial charge in [0.15, 0.2) is 0 Å². The second-order valence-electron chi connectivity index (χ2n) is 4.48. The number of rotatable bonds is 4. The van der Waals surface area contributed by atoms with Gasteiger partial charge in [-0.25, -0.2) is 0 Å². The highest BCUT2D eigenvalue weighted by atomic mass is 35.5. The first kappa shape index (κ1) is 15.3. The maximum Gasteiger partial charge on any atom is 0.241 e. The largest absolute Gasteiger partial charge is 0.323 e. The van der Waals surface area contributed by atoms with E-state index in [9.17, 15) is 4.79 Å². The molecule has 100 valence electrons. The third kappa shape index (κ3) is 3.61. The smallest absolute Gasteiger partial charge is 0.241 e. The van der Waals surface area contributed by atoms with Crippen LogP contribution in [-0.4, -0.2) is 11.9 Å². The summed E-state index contributed by atoms with van der Waals surface area (Å²) in [5, 5.41) is 3.73. The van der Waals surface area contributed by atoms with Crippen molar-refractivity contribution in [2.45, 2.75) is 33.2 Å². The van der Waals surface area contributed by atoms with Crippen molar-refractivity contribution in [3.05, 3.63) is 27.7 Å². The average Bonchev–Trinajstić information content (AvgIpc) is 2.33. The Hall–Kier alpha value is -0.770. The van der Waals surface area contributed by atoms with E-state index in [0.717, 1.165) is 12.0 Å². The second kappa shape index (κ2) is 6.41. The number of hydrogen-bond acceptors (Lipinski definition) is 2. The monoisotopic (exact) mass is 288 g/mol. The Morgan fingerprint density at radius 2 is 2.00 bits per heavy atom. The molecule has 0 heterocycles. The van der Waals surface area contributed by atoms with Crippen LogP contribution >= 0.6 is 23.2 Å². The van der Waals surface area contributed by atoms with E-state index in [1.54, 1.807) is 12.1 Å². The topological polar surface area (TPSA) is 55.1 Å². The third-order valence-corrected chi connectivity index (χ3v) is 3.79. The number of benzene rings is 1. The van der Waals surface area contributed by atoms with E-state index in [0.29, 0.717) is 15.7 Å². The van der Waals surface area contributed by atoms with Crippen molar-refractivity contribution in [1.29, 1.82) is 0 Å². The molecule has 1 aromatic rings. The van der Waals surface area contributed by atoms with Crippen molar-refractivity contribution in [2.24, 2.45) is 11.7 Å². The quantitative estimate of drug-likeness (QED) is 0.889. The van der Waals surface area contributed by atoms with Crippen LogP contribution in [0.5, 0.6) is 0 Å². The predicted octanol–water partition coefficient (Wildman–Crippen LogP) is 3.61. The number of amides is 1. The fourth-order valence-electron chi connectivity index (χ4n) is 1.47. The van der Waals surface area contributed by atoms with E-state index in [2.05, 4.69) is 5.32 Å². The molecule has 2 atom stereocenters. The molecule has 0 radical (unpaired) electrons. The van der Waals surface area contributed by atoms with Gasteiger partial charge in [0.25, 0.3) is 0 Å². The maximum atomic E-state index is 11.9. The molecule has 0 aliphatic heterocycles. The lowest BCUT2D eigenvalue weighted by Gasteiger charge is -2.18. The number of carbonyl (C=O) groups is 1. The first-order valence-corrected chi connectivity index (χ1v) is 6.64. The SMILES string of the molecule is CCC(C)C(N)C(=O)Nc1cc(Cl)c(C)cc1Cl. The second-order valence-corrected chi connectivity index (χ2v) is 5.30. The molecule has 0 spiro atoms. The van der Waals surface area contributed by atoms with Gasteiger partial charge in [0.1, 0.15) is 0 Å². The van der Waals surface area contributed by atoms with Gasteiger partial charge in [0.2, 0.25) is 5.91 Å². The summed E-state index contributed by atoms with van der Waals surface area (Å²) in [6.45, 7) is 5.78. The van der Waals surface area contributed by atoms with Crippen LogP contribution in [0.25, 0.3) is 0 Å². The summed E-state index contributed by atoms with van der Waals surface area (Å²) in [5.74, 6) is -0.129. The zero-order valence-corrected chi connectivity index (χ0v) is 12.3. The number of nitrogens with one attached hydrogen (secondary N) is 1. The van der Waals surface area contributed by atoms with E-state index < -0.39 is 6.04 Å². The van der Waals surface area contributed by atoms with Gasteiger partial charge in [-0.15, -0.1) is 0 Å². The molecular weight excluding hydrogens is 271 g/mol. The Morgan fingerprint density at radius 1 is 1.39 bits per heavy atom. The standard InChI is InChI=1S/C13H18Cl2N2O/c1-4-7(2)12(16)13(18)17-11-6-9(14)8(3)5-10(11)15/h5-7,12H,4,16H2,1-3H3,(H,17,18). The molecule has 5 heteroatoms. The summed E-state index contributed by atoms with van der Waals surface area (Å²) >= 11 is 12.0. The van der Waals surface area contributed by atoms with Crippen LogP contribution in [0.1, 0.15) is 25.8 Å². The zero-order chi connectivity index (χ0) is 13.9. The molecule has 0 aromatic heterocycles. The first-order valence-electron chi connectivity index (χ1n) is 5.88. The van der Waals surface area contributed by atoms with Crippen molar-refractivity contribution >= 4 is 34.8 Å². The Kier molecular flexibility index (Phi) is 5.45. The maximum absolute atomic E-state index is 11.9. The molecule has 3 nitrogen and oxygen atoms in total. The van der Waals surface area contributed by atoms with Crippen LogP contribution in [0.15, 0.2) is 12.1 Å². The normalized spacial score (nSPS) is 14.1. The Labute approximate surface area is 118 Å². The van der Waals surface area contributed by atoms with Crippen LogP contribution in [0, 0.1) is 12.8 Å². The molecular formula is C13H18Cl2N2O. The van der Waals surface area contributed by atoms with Gasteiger partial charge in [-0.05, 0) is 30.5 Å². The summed E-state index contributed by atoms with van der Waals surface area (Å²) in [6.07, 6.45) is 0.844. The molecule has 18 heavy (non-hydrogen) atoms. The minimum Gasteiger partial charge on any atom is -0.323 e. The highest BCUT2D eigenvalue weighted by Crippen LogP contribution is 2.29. The molecule has 1 rings (SSSR count). The number of halogens is 2. The van der Waals surface area contributed by atoms with Gasteiger partial charge in [0.05, 0.1) is 16.8 Å². The van der Waals surface area contributed by atoms with Crippen LogP contribution in [-0.2, 0) is 4.79 Å². The summed E-state index contributed by atoms with van der Waals surface area (Å²) < 4.78 is 0. The third-order valence-electron chi connectivity index (χ3n) is 3.07. The lowest BCUT2D eigenvalue weighted by Crippen LogP contribution is -2.40. The number of anilines is 1. The molecule has 1 aromatic carbocycles. The molecule has 0 saturated carbocycles. The van der Waals surface area contributed by atoms with Crippen molar-refractivity contribution < 1.29 is 4.79 Å². The summed E-state index contributed by atoms with van der Waals surface area (Å²) in [7, 11) is 0. The molecule has 0 aliphatic rings. The molecule has 0 bridgehead atoms. The molecule has 0 saturated heterocycles. The number of aryl methyl sites for hydroxylation is 1. The molecule has 3 N–H and O–H groups in total. The van der Waals surface area contributed by atoms with Crippen LogP contribution in [0.3, 0.4) is 0 Å². The Morgan fingerprint density at radius 3 is 2.56 bits per heavy atom. The van der Waals surface area contributed by atoms with Gasteiger partial charge < -0.3 is 11.1 Å². The minimum absolute atomic E-state index is 0.115. The molecule has 2 unspecified atom stereocenters. The molecule has 0 aliphatic carbocycles. The first-order chi connectivity index (χ1) is 8.36. The Balaban J connectivity index is 2.85. The summed E-state index contributed by atoms with van der Waals surface area (Å²) in [6, 6.07) is 2.81. The fraction of sp³-hybridized carbons (Fsp3) is 0.462. The zero-order valence-electron chi connectivity index (χ0n) is 10.8. The van der Waals surface area contributed by atoms with Gasteiger partial charge in [-0.3, -0.25) is 4.79 Å². The van der Waals surface area contributed by atoms with Crippen LogP contribution in [0.2, 0.25) is 10.0 Å². The van der Waals surface area contributed by atoms with Gasteiger partial charge >= 0.3 is 0 Å². The number of nitrogens with two attached hydrogens (primary N) is 1. The van der Waals surface area contributed by atoms with Crippen molar-refractivity contribution in [3.63, 3.8) is 0 Å². The van der Waals surface area contributed by atoms with Gasteiger partial charge in [-0.2, -0.15) is 0 Å². The van der Waals surface area contributed by atoms with E-state index >= 15 is 0 Å². The molecule has 1 amide bonds. The van der Waals surface area contributed by atoms with Crippen molar-refractivity contribution in [1.82, 2.24) is 0 Å². The Bertz CT molecular complexity index is 449. The fourth-order valence-corrected chi connectivity index (χ4v) is 1.90. The van der Waals surface area contributed by atoms with E-state index in [1.807, 2.05) is 20.8 Å². The number of hydrogen-bond donors (Lipinski definition) is 2. The minimum atomic E-state index is -0.550. The van der Waals surface area contributed by atoms with Crippen LogP contribution < -0.4 is 11.1 Å². The predicted molar refractivity (Wildman–Crippen MR) is 77.3 cm³/mol.